The van der Waals surface area contributed by atoms with Gasteiger partial charge >= 0.3 is 0 Å². The van der Waals surface area contributed by atoms with E-state index in [0.717, 1.165) is 35.1 Å². The number of hydrogen-bond donors (Lipinski definition) is 0. The third kappa shape index (κ3) is 4.11. The molecule has 236 valence electrons. The summed E-state index contributed by atoms with van der Waals surface area (Å²) in [5.74, 6) is 0. The lowest BCUT2D eigenvalue weighted by atomic mass is 9.87. The van der Waals surface area contributed by atoms with Crippen LogP contribution in [0.4, 0.5) is 17.1 Å². The van der Waals surface area contributed by atoms with Crippen LogP contribution in [0.2, 0.25) is 0 Å². The number of nitrogens with zero attached hydrogens (tertiary/aromatic N) is 2. The van der Waals surface area contributed by atoms with Gasteiger partial charge in [-0.3, -0.25) is 4.98 Å². The summed E-state index contributed by atoms with van der Waals surface area (Å²) >= 11 is 1.91. The largest absolute Gasteiger partial charge is 0.308 e. The molecule has 0 N–H and O–H groups in total. The van der Waals surface area contributed by atoms with Gasteiger partial charge in [-0.15, -0.1) is 11.3 Å². The van der Waals surface area contributed by atoms with Gasteiger partial charge in [-0.1, -0.05) is 97.1 Å². The number of aromatic nitrogens is 1. The van der Waals surface area contributed by atoms with E-state index >= 15 is 0 Å². The fraction of sp³-hybridized carbons (Fsp3) is 0.0851. The molecule has 0 unspecified atom stereocenters. The topological polar surface area (TPSA) is 16.1 Å². The van der Waals surface area contributed by atoms with Gasteiger partial charge in [0.1, 0.15) is 0 Å². The van der Waals surface area contributed by atoms with Gasteiger partial charge in [0.05, 0.1) is 23.1 Å². The Hall–Kier alpha value is -5.77. The summed E-state index contributed by atoms with van der Waals surface area (Å²) in [5, 5.41) is 6.49. The zero-order valence-corrected chi connectivity index (χ0v) is 28.3. The Morgan fingerprint density at radius 3 is 2.16 bits per heavy atom. The number of rotatable bonds is 3. The summed E-state index contributed by atoms with van der Waals surface area (Å²) in [7, 11) is 0. The van der Waals surface area contributed by atoms with E-state index in [1.165, 1.54) is 94.0 Å². The maximum Gasteiger partial charge on any atom is 0.0703 e. The first-order valence-corrected chi connectivity index (χ1v) is 18.5. The molecular formula is C47H32N2S. The first-order valence-electron chi connectivity index (χ1n) is 17.7. The van der Waals surface area contributed by atoms with Crippen LogP contribution >= 0.6 is 11.3 Å². The van der Waals surface area contributed by atoms with Gasteiger partial charge in [-0.25, -0.2) is 0 Å². The summed E-state index contributed by atoms with van der Waals surface area (Å²) in [4.78, 5) is 7.50. The molecule has 9 aromatic rings. The predicted octanol–water partition coefficient (Wildman–Crippen LogP) is 13.4. The maximum atomic E-state index is 5.02. The number of anilines is 3. The van der Waals surface area contributed by atoms with Crippen LogP contribution in [-0.4, -0.2) is 4.98 Å². The number of hydrogen-bond acceptors (Lipinski definition) is 3. The van der Waals surface area contributed by atoms with Crippen molar-refractivity contribution in [2.24, 2.45) is 0 Å². The molecule has 11 rings (SSSR count). The Kier molecular flexibility index (Phi) is 6.11. The number of fused-ring (bicyclic) bond motifs is 7. The van der Waals surface area contributed by atoms with Crippen molar-refractivity contribution in [2.45, 2.75) is 25.7 Å². The Morgan fingerprint density at radius 1 is 0.480 bits per heavy atom. The highest BCUT2D eigenvalue weighted by Gasteiger charge is 2.28. The summed E-state index contributed by atoms with van der Waals surface area (Å²) in [5.41, 5.74) is 15.2. The van der Waals surface area contributed by atoms with Gasteiger partial charge in [-0.2, -0.15) is 0 Å². The van der Waals surface area contributed by atoms with Gasteiger partial charge in [-0.05, 0) is 112 Å². The van der Waals surface area contributed by atoms with Crippen molar-refractivity contribution in [3.63, 3.8) is 0 Å². The van der Waals surface area contributed by atoms with Crippen molar-refractivity contribution in [1.29, 1.82) is 0 Å². The first kappa shape index (κ1) is 28.1. The average Bonchev–Trinajstić information content (AvgIpc) is 3.49. The van der Waals surface area contributed by atoms with Gasteiger partial charge in [0.2, 0.25) is 0 Å². The number of pyridine rings is 1. The summed E-state index contributed by atoms with van der Waals surface area (Å²) in [6.07, 6.45) is 6.65. The van der Waals surface area contributed by atoms with Crippen LogP contribution < -0.4 is 4.90 Å². The van der Waals surface area contributed by atoms with Crippen LogP contribution in [0.5, 0.6) is 0 Å². The van der Waals surface area contributed by atoms with Gasteiger partial charge in [0.25, 0.3) is 0 Å². The van der Waals surface area contributed by atoms with Crippen molar-refractivity contribution in [3.05, 3.63) is 157 Å². The second-order valence-electron chi connectivity index (χ2n) is 13.8. The van der Waals surface area contributed by atoms with Crippen LogP contribution in [0.3, 0.4) is 0 Å². The fourth-order valence-corrected chi connectivity index (χ4v) is 9.90. The molecule has 0 aliphatic heterocycles. The molecule has 2 aromatic heterocycles. The predicted molar refractivity (Wildman–Crippen MR) is 213 cm³/mol. The average molecular weight is 657 g/mol. The molecule has 7 aromatic carbocycles. The van der Waals surface area contributed by atoms with Crippen molar-refractivity contribution >= 4 is 70.2 Å². The summed E-state index contributed by atoms with van der Waals surface area (Å²) in [6, 6.07) is 52.1. The summed E-state index contributed by atoms with van der Waals surface area (Å²) < 4.78 is 2.68. The lowest BCUT2D eigenvalue weighted by Gasteiger charge is -2.30. The molecule has 0 amide bonds. The van der Waals surface area contributed by atoms with Gasteiger partial charge in [0, 0.05) is 42.2 Å². The Morgan fingerprint density at radius 2 is 1.22 bits per heavy atom. The molecule has 2 aliphatic carbocycles. The third-order valence-corrected chi connectivity index (χ3v) is 12.1. The third-order valence-electron chi connectivity index (χ3n) is 11.0. The highest BCUT2D eigenvalue weighted by Crippen LogP contribution is 2.54. The van der Waals surface area contributed by atoms with Crippen molar-refractivity contribution in [1.82, 2.24) is 4.98 Å². The highest BCUT2D eigenvalue weighted by atomic mass is 32.1. The molecule has 0 atom stereocenters. The van der Waals surface area contributed by atoms with Crippen LogP contribution in [-0.2, 0) is 12.8 Å². The number of thiophene rings is 1. The second-order valence-corrected chi connectivity index (χ2v) is 14.8. The quantitative estimate of drug-likeness (QED) is 0.188. The standard InChI is InChI=1S/C47H32N2S/c1-2-12-31-26-33(22-23-36(31)35-14-5-3-11-29(35)10-1)49(34-27-32-13-4-8-18-40(32)48-28-34)41-24-20-30-21-25-43-47-44(30)45(41)38-16-7-6-15-37(38)39-17-9-19-42(50-43)46(39)47/h3-9,11,13-28H,1-2,10,12H2. The summed E-state index contributed by atoms with van der Waals surface area (Å²) in [6.45, 7) is 0. The second kappa shape index (κ2) is 10.9. The number of aryl methyl sites for hydroxylation is 2. The van der Waals surface area contributed by atoms with E-state index in [1.807, 2.05) is 11.3 Å². The van der Waals surface area contributed by atoms with Gasteiger partial charge < -0.3 is 4.90 Å². The normalized spacial score (nSPS) is 13.3. The van der Waals surface area contributed by atoms with E-state index in [2.05, 4.69) is 151 Å². The van der Waals surface area contributed by atoms with E-state index in [-0.39, 0.29) is 0 Å². The minimum absolute atomic E-state index is 1.01. The molecule has 3 heteroatoms. The van der Waals surface area contributed by atoms with Crippen LogP contribution in [0.15, 0.2) is 146 Å². The molecule has 0 bridgehead atoms. The van der Waals surface area contributed by atoms with E-state index in [9.17, 15) is 0 Å². The minimum atomic E-state index is 1.01. The Labute approximate surface area is 294 Å². The molecule has 0 saturated carbocycles. The molecule has 50 heavy (non-hydrogen) atoms. The number of benzene rings is 7. The van der Waals surface area contributed by atoms with Crippen LogP contribution in [0, 0.1) is 0 Å². The van der Waals surface area contributed by atoms with E-state index in [1.54, 1.807) is 0 Å². The Bertz CT molecular complexity index is 2840. The van der Waals surface area contributed by atoms with Crippen molar-refractivity contribution < 1.29 is 0 Å². The SMILES string of the molecule is c1ccc2c(c1)CCCCc1cc(N(c3cnc4ccccc4c3)c3ccc4ccc5sc6cccc7c6c5c4c3-c3ccccc3-7)ccc1-2. The first-order chi connectivity index (χ1) is 24.8. The zero-order chi connectivity index (χ0) is 32.8. The molecule has 2 heterocycles. The fourth-order valence-electron chi connectivity index (χ4n) is 8.76. The van der Waals surface area contributed by atoms with E-state index in [0.29, 0.717) is 0 Å². The molecule has 2 aliphatic rings. The number of para-hydroxylation sites is 1. The molecule has 0 saturated heterocycles. The maximum absolute atomic E-state index is 5.02. The molecule has 0 fully saturated rings. The van der Waals surface area contributed by atoms with Crippen molar-refractivity contribution in [2.75, 3.05) is 4.90 Å². The highest BCUT2D eigenvalue weighted by molar-refractivity contribution is 7.26. The minimum Gasteiger partial charge on any atom is -0.308 e. The Balaban J connectivity index is 1.25. The monoisotopic (exact) mass is 656 g/mol. The van der Waals surface area contributed by atoms with Crippen molar-refractivity contribution in [3.8, 4) is 33.4 Å². The molecule has 2 nitrogen and oxygen atoms in total. The lowest BCUT2D eigenvalue weighted by molar-refractivity contribution is 0.729. The van der Waals surface area contributed by atoms with E-state index < -0.39 is 0 Å². The van der Waals surface area contributed by atoms with Crippen LogP contribution in [0.25, 0.3) is 75.2 Å². The van der Waals surface area contributed by atoms with Gasteiger partial charge in [0.15, 0.2) is 0 Å². The van der Waals surface area contributed by atoms with E-state index in [4.69, 9.17) is 4.98 Å². The smallest absolute Gasteiger partial charge is 0.0703 e. The zero-order valence-electron chi connectivity index (χ0n) is 27.5. The molecule has 0 radical (unpaired) electrons. The molecule has 0 spiro atoms. The van der Waals surface area contributed by atoms with Crippen LogP contribution in [0.1, 0.15) is 24.0 Å². The lowest BCUT2D eigenvalue weighted by Crippen LogP contribution is -2.13. The molecular weight excluding hydrogens is 625 g/mol.